The summed E-state index contributed by atoms with van der Waals surface area (Å²) in [6.45, 7) is 2.95. The molecular formula is C22H27N3O4. The highest BCUT2D eigenvalue weighted by molar-refractivity contribution is 6.05. The van der Waals surface area contributed by atoms with Crippen molar-refractivity contribution in [2.24, 2.45) is 11.8 Å². The van der Waals surface area contributed by atoms with Crippen LogP contribution in [-0.2, 0) is 14.4 Å². The molecule has 7 heteroatoms. The Hall–Kier alpha value is -2.83. The van der Waals surface area contributed by atoms with Crippen molar-refractivity contribution in [3.05, 3.63) is 36.4 Å². The van der Waals surface area contributed by atoms with Crippen LogP contribution in [0.1, 0.15) is 19.3 Å². The number of likely N-dealkylation sites (tertiary alicyclic amines) is 1. The minimum atomic E-state index is -0.228. The van der Waals surface area contributed by atoms with Crippen LogP contribution in [0.4, 0.5) is 5.69 Å². The average molecular weight is 397 g/mol. The monoisotopic (exact) mass is 397 g/mol. The van der Waals surface area contributed by atoms with E-state index in [1.165, 1.54) is 4.90 Å². The van der Waals surface area contributed by atoms with Gasteiger partial charge < -0.3 is 14.5 Å². The highest BCUT2D eigenvalue weighted by Gasteiger charge is 2.47. The fourth-order valence-electron chi connectivity index (χ4n) is 4.48. The number of piperazine rings is 1. The fourth-order valence-corrected chi connectivity index (χ4v) is 4.48. The van der Waals surface area contributed by atoms with Gasteiger partial charge in [0.25, 0.3) is 0 Å². The minimum Gasteiger partial charge on any atom is -0.497 e. The predicted octanol–water partition coefficient (Wildman–Crippen LogP) is 1.69. The molecule has 4 rings (SSSR count). The number of hydrogen-bond donors (Lipinski definition) is 0. The number of allylic oxidation sites excluding steroid dienone is 2. The third-order valence-electron chi connectivity index (χ3n) is 6.20. The lowest BCUT2D eigenvalue weighted by Crippen LogP contribution is -2.49. The largest absolute Gasteiger partial charge is 0.497 e. The first-order valence-corrected chi connectivity index (χ1v) is 10.3. The van der Waals surface area contributed by atoms with Crippen LogP contribution in [0, 0.1) is 11.8 Å². The van der Waals surface area contributed by atoms with Crippen molar-refractivity contribution in [2.45, 2.75) is 19.3 Å². The Labute approximate surface area is 170 Å². The van der Waals surface area contributed by atoms with Gasteiger partial charge in [0.2, 0.25) is 17.7 Å². The van der Waals surface area contributed by atoms with E-state index in [2.05, 4.69) is 4.90 Å². The Morgan fingerprint density at radius 2 is 1.69 bits per heavy atom. The Bertz CT molecular complexity index is 803. The highest BCUT2D eigenvalue weighted by atomic mass is 16.5. The lowest BCUT2D eigenvalue weighted by atomic mass is 9.85. The molecule has 2 heterocycles. The standard InChI is InChI=1S/C22H27N3O4/c1-29-17-6-4-5-16(15-17)23-11-13-24(14-12-23)20(26)9-10-25-21(27)18-7-2-3-8-19(18)22(25)28/h2-6,15,18-19H,7-14H2,1H3/t18-,19-/m0/s1. The van der Waals surface area contributed by atoms with Crippen LogP contribution >= 0.6 is 0 Å². The second-order valence-corrected chi connectivity index (χ2v) is 7.80. The van der Waals surface area contributed by atoms with Crippen molar-refractivity contribution in [1.82, 2.24) is 9.80 Å². The summed E-state index contributed by atoms with van der Waals surface area (Å²) in [5, 5.41) is 0. The first-order valence-electron chi connectivity index (χ1n) is 10.3. The molecule has 0 N–H and O–H groups in total. The summed E-state index contributed by atoms with van der Waals surface area (Å²) < 4.78 is 5.28. The zero-order chi connectivity index (χ0) is 20.4. The van der Waals surface area contributed by atoms with Gasteiger partial charge in [0.15, 0.2) is 0 Å². The minimum absolute atomic E-state index is 0.00360. The maximum Gasteiger partial charge on any atom is 0.233 e. The molecule has 1 aliphatic carbocycles. The molecule has 0 saturated carbocycles. The van der Waals surface area contributed by atoms with Gasteiger partial charge in [-0.3, -0.25) is 19.3 Å². The molecule has 0 spiro atoms. The second kappa shape index (κ2) is 8.27. The number of carbonyl (C=O) groups is 3. The van der Waals surface area contributed by atoms with Crippen molar-refractivity contribution >= 4 is 23.4 Å². The van der Waals surface area contributed by atoms with Gasteiger partial charge in [-0.15, -0.1) is 0 Å². The molecule has 0 unspecified atom stereocenters. The number of ether oxygens (including phenoxy) is 1. The van der Waals surface area contributed by atoms with Crippen molar-refractivity contribution in [1.29, 1.82) is 0 Å². The lowest BCUT2D eigenvalue weighted by Gasteiger charge is -2.36. The Balaban J connectivity index is 1.28. The number of hydrogen-bond acceptors (Lipinski definition) is 5. The van der Waals surface area contributed by atoms with E-state index in [0.29, 0.717) is 25.9 Å². The molecule has 0 radical (unpaired) electrons. The summed E-state index contributed by atoms with van der Waals surface area (Å²) in [7, 11) is 1.65. The molecule has 0 bridgehead atoms. The van der Waals surface area contributed by atoms with Gasteiger partial charge in [-0.05, 0) is 25.0 Å². The fraction of sp³-hybridized carbons (Fsp3) is 0.500. The Morgan fingerprint density at radius 1 is 1.03 bits per heavy atom. The number of amides is 3. The van der Waals surface area contributed by atoms with Gasteiger partial charge in [0.05, 0.1) is 18.9 Å². The first kappa shape index (κ1) is 19.5. The second-order valence-electron chi connectivity index (χ2n) is 7.80. The molecule has 1 aromatic rings. The summed E-state index contributed by atoms with van der Waals surface area (Å²) in [5.74, 6) is 0.142. The predicted molar refractivity (Wildman–Crippen MR) is 108 cm³/mol. The molecule has 2 saturated heterocycles. The van der Waals surface area contributed by atoms with Crippen LogP contribution < -0.4 is 9.64 Å². The number of carbonyl (C=O) groups excluding carboxylic acids is 3. The number of imide groups is 1. The first-order chi connectivity index (χ1) is 14.1. The molecule has 2 atom stereocenters. The molecule has 154 valence electrons. The quantitative estimate of drug-likeness (QED) is 0.559. The van der Waals surface area contributed by atoms with Gasteiger partial charge in [0.1, 0.15) is 5.75 Å². The summed E-state index contributed by atoms with van der Waals surface area (Å²) in [4.78, 5) is 43.1. The molecule has 7 nitrogen and oxygen atoms in total. The summed E-state index contributed by atoms with van der Waals surface area (Å²) >= 11 is 0. The van der Waals surface area contributed by atoms with Crippen LogP contribution in [-0.4, -0.2) is 67.4 Å². The van der Waals surface area contributed by atoms with Gasteiger partial charge >= 0.3 is 0 Å². The van der Waals surface area contributed by atoms with Gasteiger partial charge in [0, 0.05) is 50.9 Å². The van der Waals surface area contributed by atoms with Gasteiger partial charge in [-0.25, -0.2) is 0 Å². The van der Waals surface area contributed by atoms with Crippen molar-refractivity contribution in [3.8, 4) is 5.75 Å². The number of methoxy groups -OCH3 is 1. The molecular weight excluding hydrogens is 370 g/mol. The number of fused-ring (bicyclic) bond motifs is 1. The number of rotatable bonds is 5. The van der Waals surface area contributed by atoms with Crippen molar-refractivity contribution in [2.75, 3.05) is 44.7 Å². The highest BCUT2D eigenvalue weighted by Crippen LogP contribution is 2.35. The molecule has 29 heavy (non-hydrogen) atoms. The van der Waals surface area contributed by atoms with Crippen LogP contribution in [0.3, 0.4) is 0 Å². The molecule has 0 aromatic heterocycles. The van der Waals surface area contributed by atoms with E-state index < -0.39 is 0 Å². The van der Waals surface area contributed by atoms with Crippen LogP contribution in [0.15, 0.2) is 36.4 Å². The zero-order valence-electron chi connectivity index (χ0n) is 16.8. The summed E-state index contributed by atoms with van der Waals surface area (Å²) in [6.07, 6.45) is 5.41. The Kier molecular flexibility index (Phi) is 5.56. The smallest absolute Gasteiger partial charge is 0.233 e. The van der Waals surface area contributed by atoms with Crippen molar-refractivity contribution < 1.29 is 19.1 Å². The van der Waals surface area contributed by atoms with Gasteiger partial charge in [-0.1, -0.05) is 18.2 Å². The van der Waals surface area contributed by atoms with E-state index in [1.54, 1.807) is 7.11 Å². The lowest BCUT2D eigenvalue weighted by molar-refractivity contribution is -0.140. The molecule has 3 amide bonds. The van der Waals surface area contributed by atoms with E-state index in [4.69, 9.17) is 4.74 Å². The van der Waals surface area contributed by atoms with Crippen LogP contribution in [0.25, 0.3) is 0 Å². The normalized spacial score (nSPS) is 24.1. The number of benzene rings is 1. The number of nitrogens with zero attached hydrogens (tertiary/aromatic N) is 3. The third kappa shape index (κ3) is 3.86. The zero-order valence-corrected chi connectivity index (χ0v) is 16.8. The van der Waals surface area contributed by atoms with E-state index in [9.17, 15) is 14.4 Å². The number of anilines is 1. The van der Waals surface area contributed by atoms with E-state index in [1.807, 2.05) is 41.3 Å². The maximum atomic E-state index is 12.7. The SMILES string of the molecule is COc1cccc(N2CCN(C(=O)CCN3C(=O)[C@H]4CC=CC[C@@H]4C3=O)CC2)c1. The Morgan fingerprint density at radius 3 is 2.31 bits per heavy atom. The third-order valence-corrected chi connectivity index (χ3v) is 6.20. The summed E-state index contributed by atoms with van der Waals surface area (Å²) in [6, 6.07) is 7.91. The molecule has 1 aromatic carbocycles. The maximum absolute atomic E-state index is 12.7. The molecule has 2 fully saturated rings. The molecule has 2 aliphatic heterocycles. The molecule has 3 aliphatic rings. The van der Waals surface area contributed by atoms with Crippen molar-refractivity contribution in [3.63, 3.8) is 0 Å². The summed E-state index contributed by atoms with van der Waals surface area (Å²) in [5.41, 5.74) is 1.08. The average Bonchev–Trinajstić information content (AvgIpc) is 3.02. The van der Waals surface area contributed by atoms with Crippen LogP contribution in [0.2, 0.25) is 0 Å². The van der Waals surface area contributed by atoms with E-state index in [-0.39, 0.29) is 42.5 Å². The topological polar surface area (TPSA) is 70.2 Å². The van der Waals surface area contributed by atoms with Gasteiger partial charge in [-0.2, -0.15) is 0 Å². The van der Waals surface area contributed by atoms with E-state index >= 15 is 0 Å². The van der Waals surface area contributed by atoms with E-state index in [0.717, 1.165) is 24.5 Å². The van der Waals surface area contributed by atoms with Crippen LogP contribution in [0.5, 0.6) is 5.75 Å².